The maximum absolute atomic E-state index is 12.2. The van der Waals surface area contributed by atoms with Crippen LogP contribution in [0.5, 0.6) is 11.5 Å². The summed E-state index contributed by atoms with van der Waals surface area (Å²) in [7, 11) is 3.07. The van der Waals surface area contributed by atoms with Crippen LogP contribution in [0.3, 0.4) is 0 Å². The molecule has 1 fully saturated rings. The van der Waals surface area contributed by atoms with Gasteiger partial charge in [-0.1, -0.05) is 25.0 Å². The van der Waals surface area contributed by atoms with Crippen molar-refractivity contribution in [3.05, 3.63) is 29.3 Å². The normalized spacial score (nSPS) is 15.2. The summed E-state index contributed by atoms with van der Waals surface area (Å²) in [6.07, 6.45) is 5.74. The van der Waals surface area contributed by atoms with Gasteiger partial charge in [0.05, 0.1) is 14.2 Å². The van der Waals surface area contributed by atoms with Crippen molar-refractivity contribution in [3.8, 4) is 17.6 Å². The van der Waals surface area contributed by atoms with E-state index in [4.69, 9.17) is 9.47 Å². The first kappa shape index (κ1) is 15.9. The third-order valence-corrected chi connectivity index (χ3v) is 3.79. The van der Waals surface area contributed by atoms with Gasteiger partial charge in [-0.05, 0) is 25.0 Å². The molecule has 1 aliphatic carbocycles. The molecule has 1 aromatic carbocycles. The zero-order valence-corrected chi connectivity index (χ0v) is 12.9. The number of amides is 1. The smallest absolute Gasteiger partial charge is 0.262 e. The fourth-order valence-corrected chi connectivity index (χ4v) is 2.66. The van der Waals surface area contributed by atoms with Crippen molar-refractivity contribution < 1.29 is 14.3 Å². The van der Waals surface area contributed by atoms with Crippen LogP contribution in [-0.4, -0.2) is 26.2 Å². The summed E-state index contributed by atoms with van der Waals surface area (Å²) in [5.74, 6) is 0.732. The summed E-state index contributed by atoms with van der Waals surface area (Å²) in [6, 6.07) is 7.48. The number of nitrogens with one attached hydrogen (secondary N) is 1. The molecule has 0 saturated heterocycles. The van der Waals surface area contributed by atoms with Crippen LogP contribution >= 0.6 is 0 Å². The van der Waals surface area contributed by atoms with Crippen LogP contribution < -0.4 is 14.8 Å². The zero-order chi connectivity index (χ0) is 15.9. The van der Waals surface area contributed by atoms with E-state index in [1.165, 1.54) is 13.2 Å². The summed E-state index contributed by atoms with van der Waals surface area (Å²) in [4.78, 5) is 12.2. The number of nitrogens with zero attached hydrogens (tertiary/aromatic N) is 1. The fourth-order valence-electron chi connectivity index (χ4n) is 2.66. The van der Waals surface area contributed by atoms with Gasteiger partial charge in [0.1, 0.15) is 11.6 Å². The Hall–Kier alpha value is -2.48. The minimum absolute atomic E-state index is 0.0680. The van der Waals surface area contributed by atoms with E-state index < -0.39 is 0 Å². The number of para-hydroxylation sites is 1. The lowest BCUT2D eigenvalue weighted by Gasteiger charge is -2.12. The molecule has 1 aromatic rings. The van der Waals surface area contributed by atoms with Crippen LogP contribution in [-0.2, 0) is 4.79 Å². The molecule has 0 atom stereocenters. The fraction of sp³-hybridized carbons (Fsp3) is 0.412. The van der Waals surface area contributed by atoms with Gasteiger partial charge in [0.15, 0.2) is 11.5 Å². The van der Waals surface area contributed by atoms with Gasteiger partial charge in [-0.3, -0.25) is 4.79 Å². The average molecular weight is 300 g/mol. The van der Waals surface area contributed by atoms with Crippen molar-refractivity contribution in [1.29, 1.82) is 5.26 Å². The second-order valence-corrected chi connectivity index (χ2v) is 5.21. The van der Waals surface area contributed by atoms with Crippen LogP contribution in [0.4, 0.5) is 0 Å². The number of benzene rings is 1. The van der Waals surface area contributed by atoms with Gasteiger partial charge in [-0.25, -0.2) is 0 Å². The van der Waals surface area contributed by atoms with E-state index in [1.807, 2.05) is 6.07 Å². The number of carbonyl (C=O) groups excluding carboxylic acids is 1. The second-order valence-electron chi connectivity index (χ2n) is 5.21. The van der Waals surface area contributed by atoms with E-state index in [1.54, 1.807) is 25.3 Å². The predicted molar refractivity (Wildman–Crippen MR) is 83.5 cm³/mol. The first-order valence-corrected chi connectivity index (χ1v) is 7.33. The number of nitriles is 1. The number of methoxy groups -OCH3 is 2. The number of hydrogen-bond acceptors (Lipinski definition) is 4. The standard InChI is InChI=1S/C17H20N2O3/c1-21-15-9-5-6-12(16(15)22-2)10-13(11-18)17(20)19-14-7-3-4-8-14/h5-6,9-10,14H,3-4,7-8H2,1-2H3,(H,19,20)/b13-10-. The SMILES string of the molecule is COc1cccc(/C=C(/C#N)C(=O)NC2CCCC2)c1OC. The van der Waals surface area contributed by atoms with Crippen molar-refractivity contribution in [2.75, 3.05) is 14.2 Å². The third-order valence-electron chi connectivity index (χ3n) is 3.79. The third kappa shape index (κ3) is 3.59. The van der Waals surface area contributed by atoms with Gasteiger partial charge in [-0.15, -0.1) is 0 Å². The maximum Gasteiger partial charge on any atom is 0.262 e. The molecule has 5 nitrogen and oxygen atoms in total. The summed E-state index contributed by atoms with van der Waals surface area (Å²) in [5, 5.41) is 12.2. The molecule has 0 heterocycles. The minimum Gasteiger partial charge on any atom is -0.493 e. The van der Waals surface area contributed by atoms with Crippen LogP contribution in [0.2, 0.25) is 0 Å². The lowest BCUT2D eigenvalue weighted by atomic mass is 10.1. The largest absolute Gasteiger partial charge is 0.493 e. The van der Waals surface area contributed by atoms with Gasteiger partial charge < -0.3 is 14.8 Å². The molecule has 0 spiro atoms. The molecule has 116 valence electrons. The summed E-state index contributed by atoms with van der Waals surface area (Å²) in [5.41, 5.74) is 0.707. The molecule has 1 saturated carbocycles. The maximum atomic E-state index is 12.2. The van der Waals surface area contributed by atoms with Crippen molar-refractivity contribution >= 4 is 12.0 Å². The molecule has 1 amide bonds. The van der Waals surface area contributed by atoms with Gasteiger partial charge in [0.25, 0.3) is 5.91 Å². The average Bonchev–Trinajstić information content (AvgIpc) is 3.04. The number of rotatable bonds is 5. The van der Waals surface area contributed by atoms with Crippen molar-refractivity contribution in [1.82, 2.24) is 5.32 Å². The van der Waals surface area contributed by atoms with E-state index in [0.717, 1.165) is 25.7 Å². The molecule has 5 heteroatoms. The minimum atomic E-state index is -0.334. The Morgan fingerprint density at radius 1 is 1.32 bits per heavy atom. The van der Waals surface area contributed by atoms with Crippen molar-refractivity contribution in [2.24, 2.45) is 0 Å². The highest BCUT2D eigenvalue weighted by Crippen LogP contribution is 2.32. The van der Waals surface area contributed by atoms with E-state index in [9.17, 15) is 10.1 Å². The quantitative estimate of drug-likeness (QED) is 0.670. The highest BCUT2D eigenvalue weighted by Gasteiger charge is 2.20. The number of ether oxygens (including phenoxy) is 2. The molecule has 0 unspecified atom stereocenters. The predicted octanol–water partition coefficient (Wildman–Crippen LogP) is 2.67. The van der Waals surface area contributed by atoms with Crippen LogP contribution in [0.15, 0.2) is 23.8 Å². The van der Waals surface area contributed by atoms with Crippen LogP contribution in [0, 0.1) is 11.3 Å². The summed E-state index contributed by atoms with van der Waals surface area (Å²) >= 11 is 0. The molecule has 0 aliphatic heterocycles. The molecule has 0 aromatic heterocycles. The summed E-state index contributed by atoms with van der Waals surface area (Å²) in [6.45, 7) is 0. The van der Waals surface area contributed by atoms with Crippen molar-refractivity contribution in [3.63, 3.8) is 0 Å². The molecular weight excluding hydrogens is 280 g/mol. The molecule has 22 heavy (non-hydrogen) atoms. The Morgan fingerprint density at radius 3 is 2.64 bits per heavy atom. The van der Waals surface area contributed by atoms with Gasteiger partial charge >= 0.3 is 0 Å². The number of carbonyl (C=O) groups is 1. The van der Waals surface area contributed by atoms with Gasteiger partial charge in [-0.2, -0.15) is 5.26 Å². The molecule has 1 aliphatic rings. The van der Waals surface area contributed by atoms with Gasteiger partial charge in [0, 0.05) is 11.6 Å². The van der Waals surface area contributed by atoms with Crippen LogP contribution in [0.1, 0.15) is 31.2 Å². The van der Waals surface area contributed by atoms with E-state index >= 15 is 0 Å². The summed E-state index contributed by atoms with van der Waals surface area (Å²) < 4.78 is 10.5. The molecule has 2 rings (SSSR count). The van der Waals surface area contributed by atoms with E-state index in [-0.39, 0.29) is 17.5 Å². The highest BCUT2D eigenvalue weighted by molar-refractivity contribution is 6.02. The van der Waals surface area contributed by atoms with E-state index in [0.29, 0.717) is 17.1 Å². The highest BCUT2D eigenvalue weighted by atomic mass is 16.5. The Bertz CT molecular complexity index is 611. The van der Waals surface area contributed by atoms with Crippen molar-refractivity contribution in [2.45, 2.75) is 31.7 Å². The molecular formula is C17H20N2O3. The topological polar surface area (TPSA) is 71.3 Å². The Morgan fingerprint density at radius 2 is 2.05 bits per heavy atom. The second kappa shape index (κ2) is 7.51. The van der Waals surface area contributed by atoms with E-state index in [2.05, 4.69) is 5.32 Å². The molecule has 0 radical (unpaired) electrons. The monoisotopic (exact) mass is 300 g/mol. The number of hydrogen-bond donors (Lipinski definition) is 1. The zero-order valence-electron chi connectivity index (χ0n) is 12.9. The lowest BCUT2D eigenvalue weighted by molar-refractivity contribution is -0.117. The molecule has 0 bridgehead atoms. The molecule has 1 N–H and O–H groups in total. The lowest BCUT2D eigenvalue weighted by Crippen LogP contribution is -2.33. The Labute approximate surface area is 130 Å². The van der Waals surface area contributed by atoms with Crippen LogP contribution in [0.25, 0.3) is 6.08 Å². The Balaban J connectivity index is 2.25. The van der Waals surface area contributed by atoms with Gasteiger partial charge in [0.2, 0.25) is 0 Å². The first-order valence-electron chi connectivity index (χ1n) is 7.33. The Kier molecular flexibility index (Phi) is 5.42. The first-order chi connectivity index (χ1) is 10.7.